The van der Waals surface area contributed by atoms with Crippen LogP contribution in [0.15, 0.2) is 40.0 Å². The summed E-state index contributed by atoms with van der Waals surface area (Å²) in [6, 6.07) is 6.13. The standard InChI is InChI=1S/C15H16FN3O3S/c16-12-4-6-13(7-5-12)23(21,22)17-8-9-19-15(20)10-11-2-1-3-14(11)18-19/h4-7,10,17H,1-3,8-9H2. The SMILES string of the molecule is O=c1cc2c(nn1CCNS(=O)(=O)c1ccc(F)cc1)CCC2. The Labute approximate surface area is 133 Å². The van der Waals surface area contributed by atoms with Crippen LogP contribution in [0.1, 0.15) is 17.7 Å². The van der Waals surface area contributed by atoms with Gasteiger partial charge in [-0.05, 0) is 49.1 Å². The van der Waals surface area contributed by atoms with Gasteiger partial charge in [0, 0.05) is 12.6 Å². The molecule has 0 aliphatic heterocycles. The van der Waals surface area contributed by atoms with Gasteiger partial charge in [0.05, 0.1) is 17.1 Å². The average molecular weight is 337 g/mol. The van der Waals surface area contributed by atoms with E-state index in [1.165, 1.54) is 16.8 Å². The molecule has 1 heterocycles. The van der Waals surface area contributed by atoms with E-state index < -0.39 is 15.8 Å². The van der Waals surface area contributed by atoms with Crippen LogP contribution in [0.2, 0.25) is 0 Å². The summed E-state index contributed by atoms with van der Waals surface area (Å²) in [5.41, 5.74) is 1.66. The second-order valence-corrected chi connectivity index (χ2v) is 7.15. The molecule has 0 saturated carbocycles. The number of benzene rings is 1. The highest BCUT2D eigenvalue weighted by atomic mass is 32.2. The molecular formula is C15H16FN3O3S. The van der Waals surface area contributed by atoms with Crippen LogP contribution in [0.4, 0.5) is 4.39 Å². The largest absolute Gasteiger partial charge is 0.268 e. The van der Waals surface area contributed by atoms with Gasteiger partial charge in [-0.1, -0.05) is 0 Å². The van der Waals surface area contributed by atoms with Crippen molar-refractivity contribution in [3.05, 3.63) is 57.8 Å². The third-order valence-corrected chi connectivity index (χ3v) is 5.24. The number of aromatic nitrogens is 2. The highest BCUT2D eigenvalue weighted by Crippen LogP contribution is 2.16. The minimum absolute atomic E-state index is 0.0202. The van der Waals surface area contributed by atoms with Crippen molar-refractivity contribution in [2.45, 2.75) is 30.7 Å². The first-order valence-corrected chi connectivity index (χ1v) is 8.79. The summed E-state index contributed by atoms with van der Waals surface area (Å²) in [5, 5.41) is 4.28. The van der Waals surface area contributed by atoms with Crippen LogP contribution in [0.3, 0.4) is 0 Å². The number of fused-ring (bicyclic) bond motifs is 1. The molecule has 0 spiro atoms. The summed E-state index contributed by atoms with van der Waals surface area (Å²) in [5.74, 6) is -0.502. The van der Waals surface area contributed by atoms with Gasteiger partial charge in [-0.15, -0.1) is 0 Å². The quantitative estimate of drug-likeness (QED) is 0.877. The molecule has 1 aliphatic rings. The zero-order valence-corrected chi connectivity index (χ0v) is 13.1. The molecule has 1 N–H and O–H groups in total. The Kier molecular flexibility index (Phi) is 4.27. The first kappa shape index (κ1) is 15.8. The van der Waals surface area contributed by atoms with Gasteiger partial charge in [-0.3, -0.25) is 4.79 Å². The normalized spacial score (nSPS) is 14.0. The van der Waals surface area contributed by atoms with Crippen LogP contribution in [0.25, 0.3) is 0 Å². The molecule has 0 atom stereocenters. The average Bonchev–Trinajstić information content (AvgIpc) is 2.95. The summed E-state index contributed by atoms with van der Waals surface area (Å²) < 4.78 is 40.6. The maximum absolute atomic E-state index is 12.8. The van der Waals surface area contributed by atoms with E-state index in [2.05, 4.69) is 9.82 Å². The molecule has 1 aliphatic carbocycles. The van der Waals surface area contributed by atoms with Crippen LogP contribution in [0.5, 0.6) is 0 Å². The van der Waals surface area contributed by atoms with Gasteiger partial charge >= 0.3 is 0 Å². The van der Waals surface area contributed by atoms with Crippen molar-refractivity contribution in [2.24, 2.45) is 0 Å². The molecule has 0 amide bonds. The van der Waals surface area contributed by atoms with E-state index in [1.807, 2.05) is 0 Å². The molecule has 0 saturated heterocycles. The second-order valence-electron chi connectivity index (χ2n) is 5.38. The summed E-state index contributed by atoms with van der Waals surface area (Å²) in [6.07, 6.45) is 2.70. The Morgan fingerprint density at radius 2 is 1.96 bits per heavy atom. The minimum Gasteiger partial charge on any atom is -0.268 e. The fourth-order valence-corrected chi connectivity index (χ4v) is 3.60. The Hall–Kier alpha value is -2.06. The predicted octanol–water partition coefficient (Wildman–Crippen LogP) is 0.850. The molecule has 1 aromatic heterocycles. The summed E-state index contributed by atoms with van der Waals surface area (Å²) in [6.45, 7) is 0.179. The molecule has 6 nitrogen and oxygen atoms in total. The van der Waals surface area contributed by atoms with Gasteiger partial charge in [0.15, 0.2) is 0 Å². The second kappa shape index (κ2) is 6.21. The zero-order valence-electron chi connectivity index (χ0n) is 12.3. The van der Waals surface area contributed by atoms with Gasteiger partial charge < -0.3 is 0 Å². The maximum Gasteiger partial charge on any atom is 0.267 e. The van der Waals surface area contributed by atoms with Crippen molar-refractivity contribution in [3.63, 3.8) is 0 Å². The number of nitrogens with zero attached hydrogens (tertiary/aromatic N) is 2. The third-order valence-electron chi connectivity index (χ3n) is 3.76. The summed E-state index contributed by atoms with van der Waals surface area (Å²) in [4.78, 5) is 11.9. The highest BCUT2D eigenvalue weighted by molar-refractivity contribution is 7.89. The molecule has 0 bridgehead atoms. The van der Waals surface area contributed by atoms with Crippen molar-refractivity contribution < 1.29 is 12.8 Å². The van der Waals surface area contributed by atoms with Crippen molar-refractivity contribution >= 4 is 10.0 Å². The lowest BCUT2D eigenvalue weighted by Gasteiger charge is -2.09. The minimum atomic E-state index is -3.73. The number of hydrogen-bond donors (Lipinski definition) is 1. The monoisotopic (exact) mass is 337 g/mol. The lowest BCUT2D eigenvalue weighted by Crippen LogP contribution is -2.32. The van der Waals surface area contributed by atoms with E-state index in [-0.39, 0.29) is 23.5 Å². The molecule has 0 unspecified atom stereocenters. The lowest BCUT2D eigenvalue weighted by molar-refractivity contribution is 0.541. The summed E-state index contributed by atoms with van der Waals surface area (Å²) in [7, 11) is -3.73. The van der Waals surface area contributed by atoms with Gasteiger partial charge in [-0.25, -0.2) is 22.2 Å². The Morgan fingerprint density at radius 1 is 1.22 bits per heavy atom. The van der Waals surface area contributed by atoms with Gasteiger partial charge in [0.1, 0.15) is 5.82 Å². The molecule has 122 valence electrons. The maximum atomic E-state index is 12.8. The first-order valence-electron chi connectivity index (χ1n) is 7.31. The number of nitrogens with one attached hydrogen (secondary N) is 1. The Balaban J connectivity index is 1.67. The molecule has 8 heteroatoms. The topological polar surface area (TPSA) is 81.1 Å². The molecule has 0 fully saturated rings. The fourth-order valence-electron chi connectivity index (χ4n) is 2.58. The molecule has 0 radical (unpaired) electrons. The number of halogens is 1. The number of hydrogen-bond acceptors (Lipinski definition) is 4. The highest BCUT2D eigenvalue weighted by Gasteiger charge is 2.16. The number of rotatable bonds is 5. The van der Waals surface area contributed by atoms with Crippen LogP contribution in [-0.2, 0) is 29.4 Å². The molecular weight excluding hydrogens is 321 g/mol. The van der Waals surface area contributed by atoms with Crippen molar-refractivity contribution in [3.8, 4) is 0 Å². The summed E-state index contributed by atoms with van der Waals surface area (Å²) >= 11 is 0. The van der Waals surface area contributed by atoms with Gasteiger partial charge in [0.25, 0.3) is 5.56 Å². The van der Waals surface area contributed by atoms with Crippen molar-refractivity contribution in [1.82, 2.24) is 14.5 Å². The van der Waals surface area contributed by atoms with E-state index in [0.29, 0.717) is 0 Å². The molecule has 1 aromatic carbocycles. The van der Waals surface area contributed by atoms with Crippen LogP contribution < -0.4 is 10.3 Å². The molecule has 23 heavy (non-hydrogen) atoms. The third kappa shape index (κ3) is 3.48. The van der Waals surface area contributed by atoms with E-state index in [4.69, 9.17) is 0 Å². The van der Waals surface area contributed by atoms with Gasteiger partial charge in [-0.2, -0.15) is 5.10 Å². The van der Waals surface area contributed by atoms with Crippen molar-refractivity contribution in [1.29, 1.82) is 0 Å². The van der Waals surface area contributed by atoms with E-state index in [1.54, 1.807) is 6.07 Å². The first-order chi connectivity index (χ1) is 11.0. The van der Waals surface area contributed by atoms with Crippen molar-refractivity contribution in [2.75, 3.05) is 6.54 Å². The van der Waals surface area contributed by atoms with Crippen LogP contribution in [0, 0.1) is 5.82 Å². The molecule has 2 aromatic rings. The number of sulfonamides is 1. The predicted molar refractivity (Wildman–Crippen MR) is 82.1 cm³/mol. The van der Waals surface area contributed by atoms with Gasteiger partial charge in [0.2, 0.25) is 10.0 Å². The Bertz CT molecular complexity index is 876. The van der Waals surface area contributed by atoms with E-state index in [0.717, 1.165) is 42.7 Å². The number of aryl methyl sites for hydroxylation is 2. The zero-order chi connectivity index (χ0) is 16.4. The fraction of sp³-hybridized carbons (Fsp3) is 0.333. The Morgan fingerprint density at radius 3 is 2.70 bits per heavy atom. The molecule has 3 rings (SSSR count). The van der Waals surface area contributed by atoms with E-state index >= 15 is 0 Å². The van der Waals surface area contributed by atoms with Crippen LogP contribution in [-0.4, -0.2) is 24.7 Å². The van der Waals surface area contributed by atoms with E-state index in [9.17, 15) is 17.6 Å². The lowest BCUT2D eigenvalue weighted by atomic mass is 10.2. The smallest absolute Gasteiger partial charge is 0.267 e. The van der Waals surface area contributed by atoms with Crippen LogP contribution >= 0.6 is 0 Å².